The second-order valence-electron chi connectivity index (χ2n) is 8.31. The Kier molecular flexibility index (Phi) is 5.28. The number of aromatic nitrogens is 4. The molecule has 2 heterocycles. The van der Waals surface area contributed by atoms with Crippen LogP contribution in [0.5, 0.6) is 11.5 Å². The first kappa shape index (κ1) is 20.5. The topological polar surface area (TPSA) is 88.1 Å². The van der Waals surface area contributed by atoms with Crippen molar-refractivity contribution >= 4 is 5.71 Å². The van der Waals surface area contributed by atoms with Gasteiger partial charge in [0.2, 0.25) is 11.5 Å². The van der Waals surface area contributed by atoms with Gasteiger partial charge in [-0.2, -0.15) is 4.80 Å². The molecule has 0 saturated heterocycles. The molecule has 1 aliphatic heterocycles. The largest absolute Gasteiger partial charge is 0.623 e. The lowest BCUT2D eigenvalue weighted by Crippen LogP contribution is -2.41. The van der Waals surface area contributed by atoms with E-state index in [0.29, 0.717) is 29.6 Å². The monoisotopic (exact) mass is 433 g/mol. The van der Waals surface area contributed by atoms with Crippen LogP contribution < -0.4 is 9.47 Å². The molecule has 0 bridgehead atoms. The van der Waals surface area contributed by atoms with Crippen molar-refractivity contribution in [3.05, 3.63) is 58.3 Å². The number of nitrogens with zero attached hydrogens (tertiary/aromatic N) is 5. The number of hydrogen-bond acceptors (Lipinski definition) is 6. The smallest absolute Gasteiger partial charge is 0.226 e. The highest BCUT2D eigenvalue weighted by Gasteiger charge is 2.42. The number of fused-ring (bicyclic) bond motifs is 3. The molecular formula is C24H27N5O3. The summed E-state index contributed by atoms with van der Waals surface area (Å²) in [5.41, 5.74) is 4.50. The summed E-state index contributed by atoms with van der Waals surface area (Å²) in [6, 6.07) is 11.8. The van der Waals surface area contributed by atoms with E-state index in [1.807, 2.05) is 37.3 Å². The van der Waals surface area contributed by atoms with Crippen molar-refractivity contribution in [2.45, 2.75) is 51.1 Å². The summed E-state index contributed by atoms with van der Waals surface area (Å²) in [7, 11) is 3.27. The zero-order valence-corrected chi connectivity index (χ0v) is 18.6. The zero-order valence-electron chi connectivity index (χ0n) is 18.6. The first-order valence-corrected chi connectivity index (χ1v) is 11.1. The summed E-state index contributed by atoms with van der Waals surface area (Å²) in [4.78, 5) is 1.55. The van der Waals surface area contributed by atoms with Gasteiger partial charge in [-0.15, -0.1) is 10.2 Å². The van der Waals surface area contributed by atoms with E-state index in [4.69, 9.17) is 9.47 Å². The molecule has 1 aromatic heterocycles. The Morgan fingerprint density at radius 2 is 1.72 bits per heavy atom. The molecule has 166 valence electrons. The number of tetrazole rings is 1. The van der Waals surface area contributed by atoms with Crippen molar-refractivity contribution in [1.82, 2.24) is 20.2 Å². The van der Waals surface area contributed by atoms with Crippen molar-refractivity contribution in [2.24, 2.45) is 0 Å². The Labute approximate surface area is 187 Å². The van der Waals surface area contributed by atoms with Crippen LogP contribution in [0, 0.1) is 5.21 Å². The maximum absolute atomic E-state index is 13.6. The Balaban J connectivity index is 1.62. The van der Waals surface area contributed by atoms with Gasteiger partial charge in [-0.1, -0.05) is 18.6 Å². The lowest BCUT2D eigenvalue weighted by Gasteiger charge is -2.36. The number of hydroxylamine groups is 1. The van der Waals surface area contributed by atoms with Crippen LogP contribution in [0.15, 0.2) is 36.4 Å². The molecule has 2 atom stereocenters. The number of aryl methyl sites for hydroxylation is 1. The number of methoxy groups -OCH3 is 2. The SMILES string of the molecule is CCn1nnc(-c2ccc(C3=[N+]([O-])C4CCCCC4c4cc(OC)c(OC)cc43)cc2)n1. The van der Waals surface area contributed by atoms with Crippen LogP contribution in [0.2, 0.25) is 0 Å². The Hall–Kier alpha value is -3.42. The van der Waals surface area contributed by atoms with Crippen LogP contribution >= 0.6 is 0 Å². The summed E-state index contributed by atoms with van der Waals surface area (Å²) >= 11 is 0. The summed E-state index contributed by atoms with van der Waals surface area (Å²) in [6.45, 7) is 2.63. The highest BCUT2D eigenvalue weighted by molar-refractivity contribution is 6.11. The van der Waals surface area contributed by atoms with Gasteiger partial charge < -0.3 is 14.7 Å². The lowest BCUT2D eigenvalue weighted by atomic mass is 9.74. The van der Waals surface area contributed by atoms with Gasteiger partial charge in [0.15, 0.2) is 17.5 Å². The summed E-state index contributed by atoms with van der Waals surface area (Å²) in [5, 5.41) is 26.2. The van der Waals surface area contributed by atoms with Gasteiger partial charge in [0.25, 0.3) is 0 Å². The van der Waals surface area contributed by atoms with Gasteiger partial charge in [-0.25, -0.2) is 4.74 Å². The first-order valence-electron chi connectivity index (χ1n) is 11.1. The average Bonchev–Trinajstić information content (AvgIpc) is 3.33. The van der Waals surface area contributed by atoms with Gasteiger partial charge >= 0.3 is 0 Å². The van der Waals surface area contributed by atoms with Crippen molar-refractivity contribution in [3.63, 3.8) is 0 Å². The molecule has 3 aromatic rings. The highest BCUT2D eigenvalue weighted by Crippen LogP contribution is 2.44. The average molecular weight is 434 g/mol. The molecule has 1 saturated carbocycles. The predicted octanol–water partition coefficient (Wildman–Crippen LogP) is 3.76. The van der Waals surface area contributed by atoms with Gasteiger partial charge in [-0.05, 0) is 54.8 Å². The predicted molar refractivity (Wildman–Crippen MR) is 120 cm³/mol. The molecular weight excluding hydrogens is 406 g/mol. The minimum absolute atomic E-state index is 0.0600. The van der Waals surface area contributed by atoms with Crippen LogP contribution in [0.4, 0.5) is 0 Å². The molecule has 2 aliphatic rings. The van der Waals surface area contributed by atoms with Crippen LogP contribution in [0.1, 0.15) is 55.2 Å². The molecule has 0 amide bonds. The number of ether oxygens (including phenoxy) is 2. The summed E-state index contributed by atoms with van der Waals surface area (Å²) in [5.74, 6) is 2.11. The van der Waals surface area contributed by atoms with Crippen molar-refractivity contribution in [2.75, 3.05) is 14.2 Å². The number of rotatable bonds is 5. The quantitative estimate of drug-likeness (QED) is 0.450. The molecule has 1 aliphatic carbocycles. The normalized spacial score (nSPS) is 20.0. The molecule has 0 spiro atoms. The lowest BCUT2D eigenvalue weighted by molar-refractivity contribution is -0.510. The maximum atomic E-state index is 13.6. The molecule has 32 heavy (non-hydrogen) atoms. The van der Waals surface area contributed by atoms with E-state index in [9.17, 15) is 5.21 Å². The van der Waals surface area contributed by atoms with Crippen molar-refractivity contribution in [3.8, 4) is 22.9 Å². The standard InChI is InChI=1S/C24H27N5O3/c1-4-28-26-24(25-27-28)16-11-9-15(10-12-16)23-19-14-22(32-3)21(31-2)13-18(19)17-7-5-6-8-20(17)29(23)30/h9-14,17,20H,4-8H2,1-3H3. The fourth-order valence-electron chi connectivity index (χ4n) is 5.00. The minimum Gasteiger partial charge on any atom is -0.623 e. The highest BCUT2D eigenvalue weighted by atomic mass is 16.5. The molecule has 0 N–H and O–H groups in total. The Bertz CT molecular complexity index is 1170. The second-order valence-corrected chi connectivity index (χ2v) is 8.31. The Morgan fingerprint density at radius 1 is 1.03 bits per heavy atom. The molecule has 1 fully saturated rings. The van der Waals surface area contributed by atoms with Gasteiger partial charge in [0.1, 0.15) is 0 Å². The van der Waals surface area contributed by atoms with E-state index in [1.54, 1.807) is 19.0 Å². The van der Waals surface area contributed by atoms with Crippen LogP contribution in [0.25, 0.3) is 11.4 Å². The molecule has 8 heteroatoms. The molecule has 0 radical (unpaired) electrons. The van der Waals surface area contributed by atoms with Crippen LogP contribution in [-0.4, -0.2) is 50.9 Å². The van der Waals surface area contributed by atoms with Crippen molar-refractivity contribution < 1.29 is 14.2 Å². The third-order valence-corrected chi connectivity index (χ3v) is 6.61. The van der Waals surface area contributed by atoms with E-state index in [0.717, 1.165) is 42.4 Å². The molecule has 2 aromatic carbocycles. The summed E-state index contributed by atoms with van der Waals surface area (Å²) in [6.07, 6.45) is 4.12. The third-order valence-electron chi connectivity index (χ3n) is 6.61. The molecule has 5 rings (SSSR count). The zero-order chi connectivity index (χ0) is 22.2. The fourth-order valence-corrected chi connectivity index (χ4v) is 5.00. The number of benzene rings is 2. The molecule has 2 unspecified atom stereocenters. The maximum Gasteiger partial charge on any atom is 0.226 e. The Morgan fingerprint density at radius 3 is 2.41 bits per heavy atom. The van der Waals surface area contributed by atoms with E-state index >= 15 is 0 Å². The van der Waals surface area contributed by atoms with Crippen LogP contribution in [0.3, 0.4) is 0 Å². The third kappa shape index (κ3) is 3.30. The van der Waals surface area contributed by atoms with Crippen LogP contribution in [-0.2, 0) is 6.54 Å². The van der Waals surface area contributed by atoms with E-state index in [1.165, 1.54) is 10.3 Å². The van der Waals surface area contributed by atoms with Gasteiger partial charge in [-0.3, -0.25) is 0 Å². The van der Waals surface area contributed by atoms with E-state index in [-0.39, 0.29) is 12.0 Å². The number of hydrogen-bond donors (Lipinski definition) is 0. The van der Waals surface area contributed by atoms with E-state index < -0.39 is 0 Å². The molecule has 8 nitrogen and oxygen atoms in total. The summed E-state index contributed by atoms with van der Waals surface area (Å²) < 4.78 is 12.4. The van der Waals surface area contributed by atoms with Gasteiger partial charge in [0.05, 0.1) is 26.3 Å². The minimum atomic E-state index is -0.0600. The van der Waals surface area contributed by atoms with E-state index in [2.05, 4.69) is 21.5 Å². The van der Waals surface area contributed by atoms with Gasteiger partial charge in [0, 0.05) is 23.5 Å². The second kappa shape index (κ2) is 8.26. The fraction of sp³-hybridized carbons (Fsp3) is 0.417. The van der Waals surface area contributed by atoms with Crippen molar-refractivity contribution in [1.29, 1.82) is 0 Å². The first-order chi connectivity index (χ1) is 15.6.